The maximum Gasteiger partial charge on any atom is 0.278 e. The van der Waals surface area contributed by atoms with E-state index in [-0.39, 0.29) is 23.0 Å². The zero-order valence-corrected chi connectivity index (χ0v) is 12.4. The number of anilines is 1. The fourth-order valence-corrected chi connectivity index (χ4v) is 3.30. The van der Waals surface area contributed by atoms with Crippen LogP contribution in [0, 0.1) is 0 Å². The van der Waals surface area contributed by atoms with Gasteiger partial charge in [-0.1, -0.05) is 11.6 Å². The number of alkyl halides is 2. The van der Waals surface area contributed by atoms with Crippen LogP contribution in [0.2, 0.25) is 5.02 Å². The summed E-state index contributed by atoms with van der Waals surface area (Å²) in [6.07, 6.45) is 1.29. The number of pyridine rings is 1. The molecule has 6 heteroatoms. The van der Waals surface area contributed by atoms with Gasteiger partial charge in [-0.05, 0) is 19.9 Å². The van der Waals surface area contributed by atoms with Crippen LogP contribution in [-0.4, -0.2) is 41.6 Å². The topological polar surface area (TPSA) is 19.4 Å². The van der Waals surface area contributed by atoms with E-state index in [4.69, 9.17) is 11.6 Å². The molecule has 1 saturated heterocycles. The summed E-state index contributed by atoms with van der Waals surface area (Å²) in [6, 6.07) is 1.56. The van der Waals surface area contributed by atoms with Crippen molar-refractivity contribution in [3.8, 4) is 0 Å². The summed E-state index contributed by atoms with van der Waals surface area (Å²) in [5.74, 6) is -2.45. The minimum Gasteiger partial charge on any atom is -0.350 e. The molecule has 0 saturated carbocycles. The van der Waals surface area contributed by atoms with Gasteiger partial charge in [0.2, 0.25) is 0 Å². The Labute approximate surface area is 122 Å². The number of nitrogens with zero attached hydrogens (tertiary/aromatic N) is 3. The Kier molecular flexibility index (Phi) is 3.37. The molecular formula is C14H18ClF2N3. The molecule has 0 bridgehead atoms. The molecule has 0 aliphatic carbocycles. The van der Waals surface area contributed by atoms with Gasteiger partial charge in [-0.2, -0.15) is 0 Å². The van der Waals surface area contributed by atoms with E-state index in [9.17, 15) is 8.78 Å². The standard InChI is InChI=1S/C14H18ClF2N3/c1-9(2)19-3-4-20-11(8-19)6-14(16,17)12-5-10(15)7-18-13(12)20/h5,7,9,11H,3-4,6,8H2,1-2H3/t11-/m1/s1. The molecule has 1 aromatic rings. The van der Waals surface area contributed by atoms with Crippen LogP contribution in [0.4, 0.5) is 14.6 Å². The summed E-state index contributed by atoms with van der Waals surface area (Å²) in [5, 5.41) is 0.266. The Morgan fingerprint density at radius 2 is 2.15 bits per heavy atom. The normalized spacial score (nSPS) is 25.5. The van der Waals surface area contributed by atoms with Crippen molar-refractivity contribution in [1.29, 1.82) is 0 Å². The second-order valence-electron chi connectivity index (χ2n) is 5.87. The highest BCUT2D eigenvalue weighted by Crippen LogP contribution is 2.45. The van der Waals surface area contributed by atoms with Crippen LogP contribution in [0.5, 0.6) is 0 Å². The molecule has 3 nitrogen and oxygen atoms in total. The smallest absolute Gasteiger partial charge is 0.278 e. The lowest BCUT2D eigenvalue weighted by molar-refractivity contribution is -0.0337. The molecular weight excluding hydrogens is 284 g/mol. The van der Waals surface area contributed by atoms with E-state index in [1.807, 2.05) is 4.90 Å². The molecule has 0 amide bonds. The van der Waals surface area contributed by atoms with Gasteiger partial charge in [-0.15, -0.1) is 0 Å². The Morgan fingerprint density at radius 3 is 2.85 bits per heavy atom. The van der Waals surface area contributed by atoms with Gasteiger partial charge < -0.3 is 4.90 Å². The van der Waals surface area contributed by atoms with Crippen LogP contribution < -0.4 is 4.90 Å². The van der Waals surface area contributed by atoms with E-state index in [1.165, 1.54) is 12.3 Å². The lowest BCUT2D eigenvalue weighted by atomic mass is 9.92. The van der Waals surface area contributed by atoms with Crippen LogP contribution in [-0.2, 0) is 5.92 Å². The molecule has 1 aromatic heterocycles. The number of piperazine rings is 1. The molecule has 0 spiro atoms. The van der Waals surface area contributed by atoms with Crippen molar-refractivity contribution in [3.05, 3.63) is 22.8 Å². The molecule has 0 unspecified atom stereocenters. The number of fused-ring (bicyclic) bond motifs is 3. The first-order valence-electron chi connectivity index (χ1n) is 6.93. The lowest BCUT2D eigenvalue weighted by Gasteiger charge is -2.48. The maximum absolute atomic E-state index is 14.3. The molecule has 3 heterocycles. The summed E-state index contributed by atoms with van der Waals surface area (Å²) in [5.41, 5.74) is -0.0285. The highest BCUT2D eigenvalue weighted by molar-refractivity contribution is 6.30. The molecule has 20 heavy (non-hydrogen) atoms. The average molecular weight is 302 g/mol. The Bertz CT molecular complexity index is 521. The van der Waals surface area contributed by atoms with Crippen LogP contribution in [0.15, 0.2) is 12.3 Å². The van der Waals surface area contributed by atoms with Gasteiger partial charge in [-0.25, -0.2) is 13.8 Å². The lowest BCUT2D eigenvalue weighted by Crippen LogP contribution is -2.58. The van der Waals surface area contributed by atoms with Gasteiger partial charge in [0.15, 0.2) is 0 Å². The number of halogens is 3. The molecule has 2 aliphatic heterocycles. The minimum absolute atomic E-state index is 0.0285. The first kappa shape index (κ1) is 14.0. The van der Waals surface area contributed by atoms with Crippen molar-refractivity contribution >= 4 is 17.4 Å². The fraction of sp³-hybridized carbons (Fsp3) is 0.643. The van der Waals surface area contributed by atoms with Crippen molar-refractivity contribution < 1.29 is 8.78 Å². The minimum atomic E-state index is -2.85. The van der Waals surface area contributed by atoms with E-state index in [0.29, 0.717) is 18.4 Å². The Balaban J connectivity index is 1.96. The van der Waals surface area contributed by atoms with Crippen LogP contribution in [0.25, 0.3) is 0 Å². The van der Waals surface area contributed by atoms with Crippen LogP contribution in [0.1, 0.15) is 25.8 Å². The molecule has 0 radical (unpaired) electrons. The largest absolute Gasteiger partial charge is 0.350 e. The van der Waals surface area contributed by atoms with Gasteiger partial charge in [0, 0.05) is 44.3 Å². The van der Waals surface area contributed by atoms with Gasteiger partial charge in [0.1, 0.15) is 5.82 Å². The summed E-state index contributed by atoms with van der Waals surface area (Å²) in [6.45, 7) is 6.48. The highest BCUT2D eigenvalue weighted by Gasteiger charge is 2.47. The molecule has 3 rings (SSSR count). The van der Waals surface area contributed by atoms with Crippen molar-refractivity contribution in [2.24, 2.45) is 0 Å². The van der Waals surface area contributed by atoms with E-state index in [2.05, 4.69) is 23.7 Å². The molecule has 0 aromatic carbocycles. The first-order chi connectivity index (χ1) is 9.38. The Hall–Kier alpha value is -0.940. The van der Waals surface area contributed by atoms with Crippen LogP contribution in [0.3, 0.4) is 0 Å². The van der Waals surface area contributed by atoms with E-state index >= 15 is 0 Å². The molecule has 110 valence electrons. The zero-order valence-electron chi connectivity index (χ0n) is 11.6. The zero-order chi connectivity index (χ0) is 14.5. The molecule has 0 N–H and O–H groups in total. The van der Waals surface area contributed by atoms with Crippen molar-refractivity contribution in [2.75, 3.05) is 24.5 Å². The van der Waals surface area contributed by atoms with Gasteiger partial charge in [0.25, 0.3) is 5.92 Å². The monoisotopic (exact) mass is 301 g/mol. The van der Waals surface area contributed by atoms with E-state index in [0.717, 1.165) is 13.1 Å². The third-order valence-electron chi connectivity index (χ3n) is 4.24. The predicted octanol–water partition coefficient (Wildman–Crippen LogP) is 3.13. The summed E-state index contributed by atoms with van der Waals surface area (Å²) in [7, 11) is 0. The molecule has 1 fully saturated rings. The first-order valence-corrected chi connectivity index (χ1v) is 7.31. The second kappa shape index (κ2) is 4.81. The van der Waals surface area contributed by atoms with Gasteiger partial charge >= 0.3 is 0 Å². The predicted molar refractivity (Wildman–Crippen MR) is 75.6 cm³/mol. The van der Waals surface area contributed by atoms with E-state index < -0.39 is 5.92 Å². The maximum atomic E-state index is 14.3. The molecule has 1 atom stereocenters. The van der Waals surface area contributed by atoms with Gasteiger partial charge in [-0.3, -0.25) is 4.90 Å². The number of rotatable bonds is 1. The Morgan fingerprint density at radius 1 is 1.40 bits per heavy atom. The second-order valence-corrected chi connectivity index (χ2v) is 6.31. The van der Waals surface area contributed by atoms with Crippen molar-refractivity contribution in [2.45, 2.75) is 38.3 Å². The third-order valence-corrected chi connectivity index (χ3v) is 4.44. The van der Waals surface area contributed by atoms with Gasteiger partial charge in [0.05, 0.1) is 10.6 Å². The molecule has 2 aliphatic rings. The van der Waals surface area contributed by atoms with Crippen molar-refractivity contribution in [1.82, 2.24) is 9.88 Å². The number of hydrogen-bond donors (Lipinski definition) is 0. The summed E-state index contributed by atoms with van der Waals surface area (Å²) >= 11 is 5.82. The highest BCUT2D eigenvalue weighted by atomic mass is 35.5. The number of hydrogen-bond acceptors (Lipinski definition) is 3. The summed E-state index contributed by atoms with van der Waals surface area (Å²) < 4.78 is 28.7. The average Bonchev–Trinajstić information content (AvgIpc) is 2.37. The quantitative estimate of drug-likeness (QED) is 0.794. The SMILES string of the molecule is CC(C)N1CCN2c3ncc(Cl)cc3C(F)(F)C[C@@H]2C1. The number of aromatic nitrogens is 1. The third kappa shape index (κ3) is 2.27. The van der Waals surface area contributed by atoms with Crippen molar-refractivity contribution in [3.63, 3.8) is 0 Å². The van der Waals surface area contributed by atoms with Crippen LogP contribution >= 0.6 is 11.6 Å². The van der Waals surface area contributed by atoms with E-state index in [1.54, 1.807) is 0 Å². The summed E-state index contributed by atoms with van der Waals surface area (Å²) in [4.78, 5) is 8.43. The fourth-order valence-electron chi connectivity index (χ4n) is 3.14.